The van der Waals surface area contributed by atoms with Crippen molar-refractivity contribution in [3.8, 4) is 0 Å². The van der Waals surface area contributed by atoms with Gasteiger partial charge in [-0.1, -0.05) is 36.2 Å². The number of rotatable bonds is 5. The predicted octanol–water partition coefficient (Wildman–Crippen LogP) is 3.52. The zero-order valence-corrected chi connectivity index (χ0v) is 12.0. The molecule has 0 heterocycles. The van der Waals surface area contributed by atoms with Crippen molar-refractivity contribution in [1.82, 2.24) is 0 Å². The molecule has 0 spiro atoms. The van der Waals surface area contributed by atoms with Crippen molar-refractivity contribution in [2.45, 2.75) is 26.7 Å². The number of halogens is 1. The van der Waals surface area contributed by atoms with Gasteiger partial charge in [-0.2, -0.15) is 0 Å². The number of anilines is 1. The fraction of sp³-hybridized carbons (Fsp3) is 0.385. The van der Waals surface area contributed by atoms with Crippen molar-refractivity contribution in [3.05, 3.63) is 28.2 Å². The number of hydrogen-bond donors (Lipinski definition) is 2. The number of carboxylic acid groups (broad SMARTS) is 1. The first-order chi connectivity index (χ1) is 8.43. The van der Waals surface area contributed by atoms with E-state index in [0.29, 0.717) is 12.1 Å². The first-order valence-corrected chi connectivity index (χ1v) is 6.56. The van der Waals surface area contributed by atoms with Crippen LogP contribution in [0.1, 0.15) is 37.0 Å². The van der Waals surface area contributed by atoms with Crippen LogP contribution in [0.25, 0.3) is 0 Å². The van der Waals surface area contributed by atoms with E-state index in [1.807, 2.05) is 13.8 Å². The molecule has 1 unspecified atom stereocenters. The minimum absolute atomic E-state index is 0.0932. The molecule has 1 aromatic rings. The molecule has 0 aliphatic carbocycles. The Morgan fingerprint density at radius 1 is 1.44 bits per heavy atom. The van der Waals surface area contributed by atoms with Gasteiger partial charge in [0.1, 0.15) is 0 Å². The van der Waals surface area contributed by atoms with E-state index in [-0.39, 0.29) is 17.4 Å². The zero-order valence-electron chi connectivity index (χ0n) is 10.4. The number of aromatic carboxylic acids is 1. The van der Waals surface area contributed by atoms with Crippen LogP contribution in [0.15, 0.2) is 22.7 Å². The molecule has 0 saturated carbocycles. The molecule has 1 rings (SSSR count). The maximum atomic E-state index is 11.7. The van der Waals surface area contributed by atoms with Crippen LogP contribution < -0.4 is 5.32 Å². The van der Waals surface area contributed by atoms with E-state index in [4.69, 9.17) is 5.11 Å². The fourth-order valence-corrected chi connectivity index (χ4v) is 1.83. The average Bonchev–Trinajstić information content (AvgIpc) is 2.28. The number of benzene rings is 1. The van der Waals surface area contributed by atoms with Gasteiger partial charge in [-0.15, -0.1) is 0 Å². The lowest BCUT2D eigenvalue weighted by Crippen LogP contribution is -2.17. The highest BCUT2D eigenvalue weighted by Gasteiger charge is 2.14. The quantitative estimate of drug-likeness (QED) is 0.874. The number of amides is 1. The lowest BCUT2D eigenvalue weighted by atomic mass is 10.0. The van der Waals surface area contributed by atoms with E-state index < -0.39 is 5.97 Å². The molecule has 0 radical (unpaired) electrons. The second-order valence-corrected chi connectivity index (χ2v) is 5.18. The molecule has 5 heteroatoms. The van der Waals surface area contributed by atoms with Crippen molar-refractivity contribution in [3.63, 3.8) is 0 Å². The normalized spacial score (nSPS) is 11.9. The average molecular weight is 314 g/mol. The third-order valence-electron chi connectivity index (χ3n) is 2.72. The lowest BCUT2D eigenvalue weighted by Gasteiger charge is -2.11. The molecule has 98 valence electrons. The van der Waals surface area contributed by atoms with Crippen LogP contribution in [0.4, 0.5) is 5.69 Å². The van der Waals surface area contributed by atoms with E-state index in [1.165, 1.54) is 6.07 Å². The number of carboxylic acids is 1. The topological polar surface area (TPSA) is 66.4 Å². The number of carbonyl (C=O) groups is 2. The van der Waals surface area contributed by atoms with E-state index in [9.17, 15) is 9.59 Å². The van der Waals surface area contributed by atoms with Crippen LogP contribution in [-0.4, -0.2) is 17.0 Å². The van der Waals surface area contributed by atoms with Gasteiger partial charge in [0.05, 0.1) is 11.3 Å². The van der Waals surface area contributed by atoms with Crippen LogP contribution in [0, 0.1) is 5.92 Å². The van der Waals surface area contributed by atoms with Gasteiger partial charge in [-0.05, 0) is 24.1 Å². The second kappa shape index (κ2) is 6.54. The van der Waals surface area contributed by atoms with E-state index >= 15 is 0 Å². The van der Waals surface area contributed by atoms with Gasteiger partial charge in [-0.3, -0.25) is 4.79 Å². The number of carbonyl (C=O) groups excluding carboxylic acids is 1. The van der Waals surface area contributed by atoms with Gasteiger partial charge in [0.25, 0.3) is 0 Å². The number of nitrogens with one attached hydrogen (secondary N) is 1. The third kappa shape index (κ3) is 4.14. The second-order valence-electron chi connectivity index (χ2n) is 4.26. The van der Waals surface area contributed by atoms with Gasteiger partial charge < -0.3 is 10.4 Å². The summed E-state index contributed by atoms with van der Waals surface area (Å²) in [5.74, 6) is -0.934. The molecule has 0 aliphatic heterocycles. The van der Waals surface area contributed by atoms with Crippen LogP contribution in [0.3, 0.4) is 0 Å². The molecule has 0 aromatic heterocycles. The summed E-state index contributed by atoms with van der Waals surface area (Å²) in [6, 6.07) is 4.69. The Bertz CT molecular complexity index is 460. The maximum Gasteiger partial charge on any atom is 0.337 e. The van der Waals surface area contributed by atoms with Crippen LogP contribution in [-0.2, 0) is 4.79 Å². The SMILES string of the molecule is CCC(C)CC(=O)Nc1cc(Br)ccc1C(=O)O. The summed E-state index contributed by atoms with van der Waals surface area (Å²) in [7, 11) is 0. The molecular weight excluding hydrogens is 298 g/mol. The Hall–Kier alpha value is -1.36. The minimum atomic E-state index is -1.05. The van der Waals surface area contributed by atoms with Crippen molar-refractivity contribution >= 4 is 33.5 Å². The Labute approximate surface area is 115 Å². The van der Waals surface area contributed by atoms with Gasteiger partial charge in [0.15, 0.2) is 0 Å². The van der Waals surface area contributed by atoms with Gasteiger partial charge in [-0.25, -0.2) is 4.79 Å². The lowest BCUT2D eigenvalue weighted by molar-refractivity contribution is -0.117. The summed E-state index contributed by atoms with van der Waals surface area (Å²) < 4.78 is 0.728. The molecule has 18 heavy (non-hydrogen) atoms. The standard InChI is InChI=1S/C13H16BrNO3/c1-3-8(2)6-12(16)15-11-7-9(14)4-5-10(11)13(17)18/h4-5,7-8H,3,6H2,1-2H3,(H,15,16)(H,17,18). The van der Waals surface area contributed by atoms with Crippen molar-refractivity contribution in [2.75, 3.05) is 5.32 Å². The molecule has 0 bridgehead atoms. The Morgan fingerprint density at radius 3 is 2.67 bits per heavy atom. The summed E-state index contributed by atoms with van der Waals surface area (Å²) in [6.07, 6.45) is 1.31. The molecule has 1 atom stereocenters. The van der Waals surface area contributed by atoms with E-state index in [1.54, 1.807) is 12.1 Å². The first-order valence-electron chi connectivity index (χ1n) is 5.76. The molecule has 0 fully saturated rings. The summed E-state index contributed by atoms with van der Waals surface area (Å²) in [4.78, 5) is 22.8. The molecule has 0 saturated heterocycles. The molecular formula is C13H16BrNO3. The highest BCUT2D eigenvalue weighted by atomic mass is 79.9. The molecule has 1 amide bonds. The summed E-state index contributed by atoms with van der Waals surface area (Å²) >= 11 is 3.26. The highest BCUT2D eigenvalue weighted by molar-refractivity contribution is 9.10. The van der Waals surface area contributed by atoms with Gasteiger partial charge >= 0.3 is 5.97 Å². The van der Waals surface area contributed by atoms with Gasteiger partial charge in [0.2, 0.25) is 5.91 Å². The third-order valence-corrected chi connectivity index (χ3v) is 3.21. The monoisotopic (exact) mass is 313 g/mol. The van der Waals surface area contributed by atoms with Crippen molar-refractivity contribution in [2.24, 2.45) is 5.92 Å². The summed E-state index contributed by atoms with van der Waals surface area (Å²) in [5.41, 5.74) is 0.417. The number of hydrogen-bond acceptors (Lipinski definition) is 2. The summed E-state index contributed by atoms with van der Waals surface area (Å²) in [6.45, 7) is 4.00. The smallest absolute Gasteiger partial charge is 0.337 e. The van der Waals surface area contributed by atoms with Crippen molar-refractivity contribution in [1.29, 1.82) is 0 Å². The minimum Gasteiger partial charge on any atom is -0.478 e. The van der Waals surface area contributed by atoms with E-state index in [2.05, 4.69) is 21.2 Å². The fourth-order valence-electron chi connectivity index (χ4n) is 1.47. The molecule has 2 N–H and O–H groups in total. The largest absolute Gasteiger partial charge is 0.478 e. The summed E-state index contributed by atoms with van der Waals surface area (Å²) in [5, 5.41) is 11.7. The predicted molar refractivity (Wildman–Crippen MR) is 73.8 cm³/mol. The Balaban J connectivity index is 2.86. The van der Waals surface area contributed by atoms with Gasteiger partial charge in [0, 0.05) is 10.9 Å². The maximum absolute atomic E-state index is 11.7. The Kier molecular flexibility index (Phi) is 5.34. The Morgan fingerprint density at radius 2 is 2.11 bits per heavy atom. The first kappa shape index (κ1) is 14.7. The van der Waals surface area contributed by atoms with Crippen LogP contribution >= 0.6 is 15.9 Å². The highest BCUT2D eigenvalue weighted by Crippen LogP contribution is 2.22. The van der Waals surface area contributed by atoms with Crippen LogP contribution in [0.2, 0.25) is 0 Å². The molecule has 4 nitrogen and oxygen atoms in total. The van der Waals surface area contributed by atoms with Crippen molar-refractivity contribution < 1.29 is 14.7 Å². The van der Waals surface area contributed by atoms with E-state index in [0.717, 1.165) is 10.9 Å². The molecule has 0 aliphatic rings. The zero-order chi connectivity index (χ0) is 13.7. The molecule has 1 aromatic carbocycles. The van der Waals surface area contributed by atoms with Crippen LogP contribution in [0.5, 0.6) is 0 Å².